The number of nitro benzene ring substituents is 1. The highest BCUT2D eigenvalue weighted by molar-refractivity contribution is 7.98. The third-order valence-electron chi connectivity index (χ3n) is 1.95. The average molecular weight is 237 g/mol. The number of rotatable bonds is 5. The molecule has 0 saturated carbocycles. The van der Waals surface area contributed by atoms with E-state index >= 15 is 0 Å². The maximum Gasteiger partial charge on any atom is 0.293 e. The average Bonchev–Trinajstić information content (AvgIpc) is 2.29. The summed E-state index contributed by atoms with van der Waals surface area (Å²) in [4.78, 5) is 10.3. The molecular formula is C10H11N3O2S. The molecule has 0 aromatic heterocycles. The maximum absolute atomic E-state index is 10.8. The van der Waals surface area contributed by atoms with E-state index in [-0.39, 0.29) is 5.69 Å². The molecule has 0 aliphatic carbocycles. The molecule has 0 aliphatic rings. The first kappa shape index (κ1) is 12.3. The summed E-state index contributed by atoms with van der Waals surface area (Å²) in [7, 11) is 0. The Morgan fingerprint density at radius 1 is 1.62 bits per heavy atom. The Labute approximate surface area is 97.6 Å². The molecule has 1 aromatic carbocycles. The fraction of sp³-hybridized carbons (Fsp3) is 0.300. The Balaban J connectivity index is 2.91. The second-order valence-electron chi connectivity index (χ2n) is 3.02. The van der Waals surface area contributed by atoms with Crippen LogP contribution in [0.2, 0.25) is 0 Å². The minimum absolute atomic E-state index is 0.0554. The Morgan fingerprint density at radius 3 is 2.94 bits per heavy atom. The first-order chi connectivity index (χ1) is 7.69. The lowest BCUT2D eigenvalue weighted by Gasteiger charge is -2.05. The summed E-state index contributed by atoms with van der Waals surface area (Å²) in [6.07, 6.45) is 1.97. The van der Waals surface area contributed by atoms with Gasteiger partial charge in [-0.1, -0.05) is 0 Å². The molecule has 84 valence electrons. The molecule has 5 nitrogen and oxygen atoms in total. The van der Waals surface area contributed by atoms with Crippen LogP contribution in [-0.4, -0.2) is 23.5 Å². The Morgan fingerprint density at radius 2 is 2.38 bits per heavy atom. The van der Waals surface area contributed by atoms with Gasteiger partial charge in [0.2, 0.25) is 0 Å². The van der Waals surface area contributed by atoms with Gasteiger partial charge in [-0.05, 0) is 18.4 Å². The Hall–Kier alpha value is -1.74. The van der Waals surface area contributed by atoms with Gasteiger partial charge in [-0.3, -0.25) is 10.1 Å². The van der Waals surface area contributed by atoms with Crippen molar-refractivity contribution in [1.82, 2.24) is 0 Å². The zero-order valence-electron chi connectivity index (χ0n) is 8.77. The number of nitro groups is 1. The summed E-state index contributed by atoms with van der Waals surface area (Å²) in [5.41, 5.74) is 0.695. The molecule has 0 amide bonds. The van der Waals surface area contributed by atoms with E-state index in [4.69, 9.17) is 5.26 Å². The van der Waals surface area contributed by atoms with E-state index < -0.39 is 4.92 Å². The lowest BCUT2D eigenvalue weighted by atomic mass is 10.2. The van der Waals surface area contributed by atoms with Crippen LogP contribution < -0.4 is 5.32 Å². The molecule has 0 heterocycles. The highest BCUT2D eigenvalue weighted by atomic mass is 32.2. The van der Waals surface area contributed by atoms with Crippen LogP contribution in [0.4, 0.5) is 11.4 Å². The van der Waals surface area contributed by atoms with Crippen LogP contribution in [0.5, 0.6) is 0 Å². The van der Waals surface area contributed by atoms with Crippen molar-refractivity contribution >= 4 is 23.1 Å². The van der Waals surface area contributed by atoms with E-state index in [1.807, 2.05) is 12.3 Å². The fourth-order valence-corrected chi connectivity index (χ4v) is 1.50. The summed E-state index contributed by atoms with van der Waals surface area (Å²) in [6, 6.07) is 6.29. The molecule has 1 aromatic rings. The second-order valence-corrected chi connectivity index (χ2v) is 4.01. The first-order valence-corrected chi connectivity index (χ1v) is 5.99. The van der Waals surface area contributed by atoms with Crippen molar-refractivity contribution in [2.24, 2.45) is 0 Å². The van der Waals surface area contributed by atoms with Gasteiger partial charge in [-0.25, -0.2) is 0 Å². The van der Waals surface area contributed by atoms with E-state index in [2.05, 4.69) is 5.32 Å². The summed E-state index contributed by atoms with van der Waals surface area (Å²) >= 11 is 1.66. The SMILES string of the molecule is CSCCNc1ccc(C#N)cc1[N+](=O)[O-]. The zero-order chi connectivity index (χ0) is 12.0. The van der Waals surface area contributed by atoms with Crippen LogP contribution in [0, 0.1) is 21.4 Å². The number of benzene rings is 1. The van der Waals surface area contributed by atoms with Gasteiger partial charge in [0.05, 0.1) is 16.6 Å². The standard InChI is InChI=1S/C10H11N3O2S/c1-16-5-4-12-9-3-2-8(7-11)6-10(9)13(14)15/h2-3,6,12H,4-5H2,1H3. The molecule has 0 aliphatic heterocycles. The van der Waals surface area contributed by atoms with Crippen molar-refractivity contribution in [2.75, 3.05) is 23.9 Å². The number of nitriles is 1. The summed E-state index contributed by atoms with van der Waals surface area (Å²) in [5, 5.41) is 22.4. The second kappa shape index (κ2) is 5.98. The summed E-state index contributed by atoms with van der Waals surface area (Å²) < 4.78 is 0. The largest absolute Gasteiger partial charge is 0.379 e. The minimum Gasteiger partial charge on any atom is -0.379 e. The van der Waals surface area contributed by atoms with Gasteiger partial charge in [0.1, 0.15) is 5.69 Å². The Bertz CT molecular complexity index is 429. The van der Waals surface area contributed by atoms with Crippen molar-refractivity contribution in [2.45, 2.75) is 0 Å². The minimum atomic E-state index is -0.484. The molecule has 0 bridgehead atoms. The van der Waals surface area contributed by atoms with Gasteiger partial charge in [-0.2, -0.15) is 17.0 Å². The molecule has 6 heteroatoms. The number of anilines is 1. The number of nitrogens with one attached hydrogen (secondary N) is 1. The number of hydrogen-bond acceptors (Lipinski definition) is 5. The Kier molecular flexibility index (Phi) is 4.61. The van der Waals surface area contributed by atoms with Crippen molar-refractivity contribution in [3.8, 4) is 6.07 Å². The third kappa shape index (κ3) is 3.14. The number of thioether (sulfide) groups is 1. The van der Waals surface area contributed by atoms with Crippen LogP contribution in [0.15, 0.2) is 18.2 Å². The molecule has 1 rings (SSSR count). The van der Waals surface area contributed by atoms with E-state index in [1.165, 1.54) is 6.07 Å². The van der Waals surface area contributed by atoms with Crippen LogP contribution in [0.3, 0.4) is 0 Å². The molecule has 16 heavy (non-hydrogen) atoms. The third-order valence-corrected chi connectivity index (χ3v) is 2.56. The van der Waals surface area contributed by atoms with Gasteiger partial charge in [-0.15, -0.1) is 0 Å². The number of nitrogens with zero attached hydrogens (tertiary/aromatic N) is 2. The van der Waals surface area contributed by atoms with E-state index in [1.54, 1.807) is 23.9 Å². The van der Waals surface area contributed by atoms with Gasteiger partial charge in [0, 0.05) is 18.4 Å². The van der Waals surface area contributed by atoms with Crippen LogP contribution in [0.25, 0.3) is 0 Å². The fourth-order valence-electron chi connectivity index (χ4n) is 1.19. The lowest BCUT2D eigenvalue weighted by Crippen LogP contribution is -2.06. The molecule has 0 radical (unpaired) electrons. The molecule has 0 saturated heterocycles. The number of hydrogen-bond donors (Lipinski definition) is 1. The molecule has 0 spiro atoms. The van der Waals surface area contributed by atoms with E-state index in [0.29, 0.717) is 17.8 Å². The topological polar surface area (TPSA) is 79.0 Å². The highest BCUT2D eigenvalue weighted by Crippen LogP contribution is 2.25. The predicted molar refractivity (Wildman–Crippen MR) is 64.7 cm³/mol. The van der Waals surface area contributed by atoms with Gasteiger partial charge in [0.15, 0.2) is 0 Å². The van der Waals surface area contributed by atoms with E-state index in [0.717, 1.165) is 5.75 Å². The smallest absolute Gasteiger partial charge is 0.293 e. The summed E-state index contributed by atoms with van der Waals surface area (Å²) in [5.74, 6) is 0.872. The van der Waals surface area contributed by atoms with Gasteiger partial charge >= 0.3 is 0 Å². The van der Waals surface area contributed by atoms with Crippen molar-refractivity contribution in [3.05, 3.63) is 33.9 Å². The molecule has 0 fully saturated rings. The van der Waals surface area contributed by atoms with Crippen LogP contribution in [0.1, 0.15) is 5.56 Å². The van der Waals surface area contributed by atoms with Gasteiger partial charge < -0.3 is 5.32 Å². The molecular weight excluding hydrogens is 226 g/mol. The lowest BCUT2D eigenvalue weighted by molar-refractivity contribution is -0.384. The first-order valence-electron chi connectivity index (χ1n) is 4.60. The van der Waals surface area contributed by atoms with Crippen molar-refractivity contribution in [3.63, 3.8) is 0 Å². The predicted octanol–water partition coefficient (Wildman–Crippen LogP) is 2.24. The van der Waals surface area contributed by atoms with Crippen LogP contribution in [-0.2, 0) is 0 Å². The zero-order valence-corrected chi connectivity index (χ0v) is 9.58. The maximum atomic E-state index is 10.8. The van der Waals surface area contributed by atoms with Crippen molar-refractivity contribution in [1.29, 1.82) is 5.26 Å². The quantitative estimate of drug-likeness (QED) is 0.482. The van der Waals surface area contributed by atoms with Crippen LogP contribution >= 0.6 is 11.8 Å². The molecule has 0 unspecified atom stereocenters. The van der Waals surface area contributed by atoms with E-state index in [9.17, 15) is 10.1 Å². The monoisotopic (exact) mass is 237 g/mol. The van der Waals surface area contributed by atoms with Crippen molar-refractivity contribution < 1.29 is 4.92 Å². The molecule has 0 atom stereocenters. The van der Waals surface area contributed by atoms with Gasteiger partial charge in [0.25, 0.3) is 5.69 Å². The highest BCUT2D eigenvalue weighted by Gasteiger charge is 2.13. The summed E-state index contributed by atoms with van der Waals surface area (Å²) in [6.45, 7) is 0.661. The normalized spacial score (nSPS) is 9.50. The molecule has 1 N–H and O–H groups in total.